The number of amides is 2. The van der Waals surface area contributed by atoms with Crippen molar-refractivity contribution in [2.45, 2.75) is 39.5 Å². The molecule has 25 heavy (non-hydrogen) atoms. The quantitative estimate of drug-likeness (QED) is 0.834. The molecule has 132 valence electrons. The molecule has 0 saturated carbocycles. The first-order chi connectivity index (χ1) is 12.2. The molecule has 0 aliphatic carbocycles. The van der Waals surface area contributed by atoms with Crippen molar-refractivity contribution in [3.63, 3.8) is 0 Å². The average molecular weight is 342 g/mol. The molecular formula is C17H22N6O2. The first-order valence-corrected chi connectivity index (χ1v) is 8.34. The Balaban J connectivity index is 1.41. The maximum absolute atomic E-state index is 11.9. The summed E-state index contributed by atoms with van der Waals surface area (Å²) in [5.41, 5.74) is 3.16. The summed E-state index contributed by atoms with van der Waals surface area (Å²) in [5, 5.41) is 13.8. The van der Waals surface area contributed by atoms with Crippen LogP contribution < -0.4 is 10.6 Å². The molecule has 1 unspecified atom stereocenters. The van der Waals surface area contributed by atoms with Crippen LogP contribution in [0, 0.1) is 6.92 Å². The summed E-state index contributed by atoms with van der Waals surface area (Å²) in [5.74, 6) is 0.722. The van der Waals surface area contributed by atoms with Crippen molar-refractivity contribution in [1.29, 1.82) is 0 Å². The third-order valence-corrected chi connectivity index (χ3v) is 4.01. The minimum absolute atomic E-state index is 0.152. The number of rotatable bonds is 6. The fourth-order valence-electron chi connectivity index (χ4n) is 2.57. The van der Waals surface area contributed by atoms with Crippen LogP contribution in [0.15, 0.2) is 35.7 Å². The number of urea groups is 1. The second-order valence-electron chi connectivity index (χ2n) is 5.89. The molecule has 0 saturated heterocycles. The molecule has 1 aliphatic heterocycles. The van der Waals surface area contributed by atoms with E-state index in [9.17, 15) is 4.79 Å². The smallest absolute Gasteiger partial charge is 0.315 e. The minimum Gasteiger partial charge on any atom is -0.390 e. The number of nitrogens with one attached hydrogen (secondary N) is 2. The van der Waals surface area contributed by atoms with E-state index >= 15 is 0 Å². The van der Waals surface area contributed by atoms with Gasteiger partial charge >= 0.3 is 6.03 Å². The topological polar surface area (TPSA) is 93.4 Å². The van der Waals surface area contributed by atoms with E-state index in [1.54, 1.807) is 4.68 Å². The molecule has 2 aromatic rings. The predicted molar refractivity (Wildman–Crippen MR) is 93.1 cm³/mol. The minimum atomic E-state index is -0.266. The number of oxime groups is 1. The Morgan fingerprint density at radius 2 is 2.12 bits per heavy atom. The van der Waals surface area contributed by atoms with Crippen LogP contribution in [-0.2, 0) is 17.9 Å². The number of aryl methyl sites for hydroxylation is 2. The highest BCUT2D eigenvalue weighted by Gasteiger charge is 2.22. The van der Waals surface area contributed by atoms with E-state index in [0.717, 1.165) is 17.1 Å². The van der Waals surface area contributed by atoms with Gasteiger partial charge in [-0.3, -0.25) is 0 Å². The van der Waals surface area contributed by atoms with E-state index in [-0.39, 0.29) is 12.1 Å². The summed E-state index contributed by atoms with van der Waals surface area (Å²) in [6, 6.07) is 7.89. The van der Waals surface area contributed by atoms with Crippen LogP contribution in [0.3, 0.4) is 0 Å². The second kappa shape index (κ2) is 7.78. The molecule has 1 aliphatic rings. The molecule has 1 aromatic carbocycles. The standard InChI is InChI=1S/C17H22N6O2/c1-3-23-16(20-11-21-23)10-19-17(24)18-9-14-8-15(22-25-14)13-6-4-12(2)5-7-13/h4-7,11,14H,3,8-10H2,1-2H3,(H2,18,19,24). The number of carbonyl (C=O) groups excluding carboxylic acids is 1. The van der Waals surface area contributed by atoms with E-state index in [1.807, 2.05) is 38.1 Å². The van der Waals surface area contributed by atoms with Crippen LogP contribution in [-0.4, -0.2) is 39.2 Å². The second-order valence-corrected chi connectivity index (χ2v) is 5.89. The fourth-order valence-corrected chi connectivity index (χ4v) is 2.57. The van der Waals surface area contributed by atoms with Crippen molar-refractivity contribution >= 4 is 11.7 Å². The van der Waals surface area contributed by atoms with Gasteiger partial charge in [0.25, 0.3) is 0 Å². The predicted octanol–water partition coefficient (Wildman–Crippen LogP) is 1.60. The lowest BCUT2D eigenvalue weighted by atomic mass is 10.0. The maximum Gasteiger partial charge on any atom is 0.315 e. The molecule has 8 nitrogen and oxygen atoms in total. The van der Waals surface area contributed by atoms with Crippen LogP contribution in [0.5, 0.6) is 0 Å². The van der Waals surface area contributed by atoms with E-state index in [4.69, 9.17) is 4.84 Å². The molecule has 0 radical (unpaired) electrons. The van der Waals surface area contributed by atoms with E-state index in [2.05, 4.69) is 25.9 Å². The molecule has 8 heteroatoms. The monoisotopic (exact) mass is 342 g/mol. The summed E-state index contributed by atoms with van der Waals surface area (Å²) >= 11 is 0. The van der Waals surface area contributed by atoms with Gasteiger partial charge in [-0.25, -0.2) is 14.5 Å². The van der Waals surface area contributed by atoms with Gasteiger partial charge in [0.2, 0.25) is 0 Å². The summed E-state index contributed by atoms with van der Waals surface area (Å²) in [4.78, 5) is 21.4. The van der Waals surface area contributed by atoms with Crippen LogP contribution in [0.1, 0.15) is 30.3 Å². The highest BCUT2D eigenvalue weighted by molar-refractivity contribution is 6.01. The number of nitrogens with zero attached hydrogens (tertiary/aromatic N) is 4. The van der Waals surface area contributed by atoms with Gasteiger partial charge < -0.3 is 15.5 Å². The van der Waals surface area contributed by atoms with Crippen molar-refractivity contribution in [1.82, 2.24) is 25.4 Å². The van der Waals surface area contributed by atoms with Gasteiger partial charge in [0.05, 0.1) is 18.8 Å². The van der Waals surface area contributed by atoms with Gasteiger partial charge in [-0.05, 0) is 19.4 Å². The number of aromatic nitrogens is 3. The van der Waals surface area contributed by atoms with Crippen LogP contribution >= 0.6 is 0 Å². The summed E-state index contributed by atoms with van der Waals surface area (Å²) < 4.78 is 1.74. The normalized spacial score (nSPS) is 16.2. The van der Waals surface area contributed by atoms with Gasteiger partial charge in [-0.1, -0.05) is 35.0 Å². The molecule has 0 bridgehead atoms. The SMILES string of the molecule is CCn1ncnc1CNC(=O)NCC1CC(c2ccc(C)cc2)=NO1. The lowest BCUT2D eigenvalue weighted by Crippen LogP contribution is -2.39. The number of benzene rings is 1. The Labute approximate surface area is 146 Å². The molecule has 1 aromatic heterocycles. The Morgan fingerprint density at radius 3 is 2.88 bits per heavy atom. The van der Waals surface area contributed by atoms with Crippen molar-refractivity contribution in [3.05, 3.63) is 47.5 Å². The summed E-state index contributed by atoms with van der Waals surface area (Å²) in [6.45, 7) is 5.46. The van der Waals surface area contributed by atoms with Gasteiger partial charge in [-0.2, -0.15) is 5.10 Å². The Morgan fingerprint density at radius 1 is 1.32 bits per heavy atom. The molecule has 0 spiro atoms. The number of hydrogen-bond acceptors (Lipinski definition) is 5. The van der Waals surface area contributed by atoms with Gasteiger partial charge in [0, 0.05) is 13.0 Å². The summed E-state index contributed by atoms with van der Waals surface area (Å²) in [7, 11) is 0. The zero-order chi connectivity index (χ0) is 17.6. The van der Waals surface area contributed by atoms with Crippen molar-refractivity contribution in [3.8, 4) is 0 Å². The molecule has 2 heterocycles. The first kappa shape index (κ1) is 16.9. The fraction of sp³-hybridized carbons (Fsp3) is 0.412. The largest absolute Gasteiger partial charge is 0.390 e. The Bertz CT molecular complexity index is 753. The first-order valence-electron chi connectivity index (χ1n) is 8.34. The average Bonchev–Trinajstić information content (AvgIpc) is 3.27. The van der Waals surface area contributed by atoms with E-state index in [0.29, 0.717) is 26.1 Å². The molecule has 2 amide bonds. The molecule has 0 fully saturated rings. The Hall–Kier alpha value is -2.90. The molecule has 3 rings (SSSR count). The van der Waals surface area contributed by atoms with Crippen molar-refractivity contribution in [2.75, 3.05) is 6.54 Å². The van der Waals surface area contributed by atoms with Gasteiger partial charge in [0.1, 0.15) is 12.2 Å². The lowest BCUT2D eigenvalue weighted by Gasteiger charge is -2.11. The van der Waals surface area contributed by atoms with E-state index < -0.39 is 0 Å². The lowest BCUT2D eigenvalue weighted by molar-refractivity contribution is 0.0865. The van der Waals surface area contributed by atoms with Crippen molar-refractivity contribution in [2.24, 2.45) is 5.16 Å². The number of hydrogen-bond donors (Lipinski definition) is 2. The van der Waals surface area contributed by atoms with E-state index in [1.165, 1.54) is 11.9 Å². The van der Waals surface area contributed by atoms with Crippen LogP contribution in [0.4, 0.5) is 4.79 Å². The molecule has 1 atom stereocenters. The van der Waals surface area contributed by atoms with Crippen molar-refractivity contribution < 1.29 is 9.63 Å². The molecule has 2 N–H and O–H groups in total. The third-order valence-electron chi connectivity index (χ3n) is 4.01. The third kappa shape index (κ3) is 4.34. The van der Waals surface area contributed by atoms with Crippen LogP contribution in [0.2, 0.25) is 0 Å². The van der Waals surface area contributed by atoms with Gasteiger partial charge in [-0.15, -0.1) is 0 Å². The summed E-state index contributed by atoms with van der Waals surface area (Å²) in [6.07, 6.45) is 2.00. The maximum atomic E-state index is 11.9. The highest BCUT2D eigenvalue weighted by Crippen LogP contribution is 2.16. The Kier molecular flexibility index (Phi) is 5.27. The highest BCUT2D eigenvalue weighted by atomic mass is 16.6. The van der Waals surface area contributed by atoms with Crippen LogP contribution in [0.25, 0.3) is 0 Å². The van der Waals surface area contributed by atoms with Gasteiger partial charge in [0.15, 0.2) is 6.10 Å². The number of carbonyl (C=O) groups is 1. The molecular weight excluding hydrogens is 320 g/mol. The zero-order valence-electron chi connectivity index (χ0n) is 14.4. The zero-order valence-corrected chi connectivity index (χ0v) is 14.4.